The molecule has 0 aromatic rings. The Morgan fingerprint density at radius 2 is 1.87 bits per heavy atom. The van der Waals surface area contributed by atoms with Crippen LogP contribution >= 0.6 is 0 Å². The molecule has 0 aromatic heterocycles. The number of halogens is 3. The molecule has 88 valence electrons. The lowest BCUT2D eigenvalue weighted by molar-refractivity contribution is -0.116. The topological polar surface area (TPSA) is 63.2 Å². The number of hydrogen-bond donors (Lipinski definition) is 1. The Labute approximate surface area is 85.2 Å². The molecule has 0 saturated heterocycles. The molecule has 1 N–H and O–H groups in total. The van der Waals surface area contributed by atoms with Crippen molar-refractivity contribution in [3.8, 4) is 0 Å². The highest BCUT2D eigenvalue weighted by atomic mass is 32.2. The van der Waals surface area contributed by atoms with Crippen molar-refractivity contribution in [1.82, 2.24) is 4.72 Å². The van der Waals surface area contributed by atoms with Crippen molar-refractivity contribution in [1.29, 1.82) is 0 Å². The average molecular weight is 245 g/mol. The minimum absolute atomic E-state index is 0.0285. The van der Waals surface area contributed by atoms with E-state index in [-0.39, 0.29) is 5.57 Å². The van der Waals surface area contributed by atoms with E-state index in [0.29, 0.717) is 0 Å². The summed E-state index contributed by atoms with van der Waals surface area (Å²) in [5.74, 6) is -3.12. The molecule has 0 heterocycles. The van der Waals surface area contributed by atoms with E-state index in [1.807, 2.05) is 0 Å². The van der Waals surface area contributed by atoms with E-state index in [0.717, 1.165) is 0 Å². The van der Waals surface area contributed by atoms with Crippen LogP contribution in [-0.2, 0) is 14.8 Å². The van der Waals surface area contributed by atoms with Gasteiger partial charge in [0.2, 0.25) is 10.0 Å². The lowest BCUT2D eigenvalue weighted by Gasteiger charge is -2.08. The third-order valence-corrected chi connectivity index (χ3v) is 2.60. The molecule has 15 heavy (non-hydrogen) atoms. The van der Waals surface area contributed by atoms with E-state index in [1.54, 1.807) is 0 Å². The minimum Gasteiger partial charge on any atom is -0.269 e. The monoisotopic (exact) mass is 245 g/mol. The average Bonchev–Trinajstić information content (AvgIpc) is 1.96. The van der Waals surface area contributed by atoms with Gasteiger partial charge in [0.1, 0.15) is 0 Å². The zero-order chi connectivity index (χ0) is 12.3. The van der Waals surface area contributed by atoms with Crippen LogP contribution in [0.25, 0.3) is 0 Å². The lowest BCUT2D eigenvalue weighted by Crippen LogP contribution is -2.37. The summed E-state index contributed by atoms with van der Waals surface area (Å²) in [4.78, 5) is 10.9. The van der Waals surface area contributed by atoms with Crippen LogP contribution in [0.5, 0.6) is 0 Å². The minimum atomic E-state index is -4.87. The van der Waals surface area contributed by atoms with Gasteiger partial charge in [-0.2, -0.15) is 13.2 Å². The Kier molecular flexibility index (Phi) is 4.32. The van der Waals surface area contributed by atoms with Crippen molar-refractivity contribution in [3.63, 3.8) is 0 Å². The SMILES string of the molecule is C/C=C(\C)C(=O)NS(=O)(=O)CC(F)(F)F. The lowest BCUT2D eigenvalue weighted by atomic mass is 10.3. The van der Waals surface area contributed by atoms with Crippen molar-refractivity contribution in [2.75, 3.05) is 5.75 Å². The maximum Gasteiger partial charge on any atom is 0.404 e. The third-order valence-electron chi connectivity index (χ3n) is 1.39. The summed E-state index contributed by atoms with van der Waals surface area (Å²) >= 11 is 0. The van der Waals surface area contributed by atoms with Gasteiger partial charge in [0.25, 0.3) is 5.91 Å². The van der Waals surface area contributed by atoms with Crippen molar-refractivity contribution < 1.29 is 26.4 Å². The van der Waals surface area contributed by atoms with Crippen LogP contribution in [0.2, 0.25) is 0 Å². The zero-order valence-electron chi connectivity index (χ0n) is 8.05. The number of hydrogen-bond acceptors (Lipinski definition) is 3. The van der Waals surface area contributed by atoms with Crippen LogP contribution in [0.1, 0.15) is 13.8 Å². The summed E-state index contributed by atoms with van der Waals surface area (Å²) in [5, 5.41) is 0. The van der Waals surface area contributed by atoms with Crippen LogP contribution in [0, 0.1) is 0 Å². The van der Waals surface area contributed by atoms with E-state index in [2.05, 4.69) is 0 Å². The second kappa shape index (κ2) is 4.65. The molecule has 0 aliphatic carbocycles. The molecule has 4 nitrogen and oxygen atoms in total. The van der Waals surface area contributed by atoms with Crippen LogP contribution in [0.4, 0.5) is 13.2 Å². The first kappa shape index (κ1) is 13.9. The van der Waals surface area contributed by atoms with E-state index in [4.69, 9.17) is 0 Å². The van der Waals surface area contributed by atoms with Gasteiger partial charge in [0.15, 0.2) is 5.75 Å². The molecule has 0 spiro atoms. The highest BCUT2D eigenvalue weighted by Gasteiger charge is 2.35. The van der Waals surface area contributed by atoms with Gasteiger partial charge in [-0.05, 0) is 13.8 Å². The Hall–Kier alpha value is -1.05. The number of carbonyl (C=O) groups is 1. The fourth-order valence-corrected chi connectivity index (χ4v) is 1.55. The second-order valence-electron chi connectivity index (χ2n) is 2.78. The number of nitrogens with one attached hydrogen (secondary N) is 1. The molecule has 8 heteroatoms. The van der Waals surface area contributed by atoms with Crippen LogP contribution in [-0.4, -0.2) is 26.3 Å². The summed E-state index contributed by atoms with van der Waals surface area (Å²) in [7, 11) is -4.66. The van der Waals surface area contributed by atoms with Gasteiger partial charge in [-0.1, -0.05) is 6.08 Å². The maximum atomic E-state index is 11.7. The molecule has 1 amide bonds. The highest BCUT2D eigenvalue weighted by molar-refractivity contribution is 7.90. The Balaban J connectivity index is 4.61. The highest BCUT2D eigenvalue weighted by Crippen LogP contribution is 2.16. The number of carbonyl (C=O) groups excluding carboxylic acids is 1. The fraction of sp³-hybridized carbons (Fsp3) is 0.571. The van der Waals surface area contributed by atoms with Gasteiger partial charge in [-0.25, -0.2) is 13.1 Å². The van der Waals surface area contributed by atoms with Gasteiger partial charge < -0.3 is 0 Å². The Morgan fingerprint density at radius 3 is 2.20 bits per heavy atom. The van der Waals surface area contributed by atoms with Gasteiger partial charge in [-0.3, -0.25) is 4.79 Å². The van der Waals surface area contributed by atoms with Crippen molar-refractivity contribution in [3.05, 3.63) is 11.6 Å². The molecule has 0 unspecified atom stereocenters. The van der Waals surface area contributed by atoms with Crippen molar-refractivity contribution >= 4 is 15.9 Å². The fourth-order valence-electron chi connectivity index (χ4n) is 0.604. The second-order valence-corrected chi connectivity index (χ2v) is 4.50. The summed E-state index contributed by atoms with van der Waals surface area (Å²) < 4.78 is 58.1. The molecule has 0 bridgehead atoms. The maximum absolute atomic E-state index is 11.7. The molecule has 0 aromatic carbocycles. The molecular weight excluding hydrogens is 235 g/mol. The smallest absolute Gasteiger partial charge is 0.269 e. The molecule has 0 rings (SSSR count). The van der Waals surface area contributed by atoms with Gasteiger partial charge in [0.05, 0.1) is 0 Å². The first-order chi connectivity index (χ1) is 6.57. The van der Waals surface area contributed by atoms with E-state index < -0.39 is 27.9 Å². The standard InChI is InChI=1S/C7H10F3NO3S/c1-3-5(2)6(12)11-15(13,14)4-7(8,9)10/h3H,4H2,1-2H3,(H,11,12)/b5-3+. The van der Waals surface area contributed by atoms with Crippen LogP contribution < -0.4 is 4.72 Å². The Bertz CT molecular complexity index is 369. The Morgan fingerprint density at radius 1 is 1.40 bits per heavy atom. The van der Waals surface area contributed by atoms with Gasteiger partial charge in [0, 0.05) is 5.57 Å². The molecule has 0 saturated carbocycles. The third kappa shape index (κ3) is 6.10. The predicted octanol–water partition coefficient (Wildman–Crippen LogP) is 0.961. The molecule has 0 fully saturated rings. The van der Waals surface area contributed by atoms with Crippen molar-refractivity contribution in [2.45, 2.75) is 20.0 Å². The van der Waals surface area contributed by atoms with Gasteiger partial charge in [-0.15, -0.1) is 0 Å². The predicted molar refractivity (Wildman–Crippen MR) is 47.4 cm³/mol. The van der Waals surface area contributed by atoms with Crippen LogP contribution in [0.3, 0.4) is 0 Å². The first-order valence-corrected chi connectivity index (χ1v) is 5.47. The summed E-state index contributed by atoms with van der Waals surface area (Å²) in [6, 6.07) is 0. The number of rotatable bonds is 3. The molecule has 0 aliphatic rings. The first-order valence-electron chi connectivity index (χ1n) is 3.82. The van der Waals surface area contributed by atoms with E-state index >= 15 is 0 Å². The van der Waals surface area contributed by atoms with E-state index in [1.165, 1.54) is 24.6 Å². The quantitative estimate of drug-likeness (QED) is 0.753. The number of allylic oxidation sites excluding steroid dienone is 1. The van der Waals surface area contributed by atoms with Gasteiger partial charge >= 0.3 is 6.18 Å². The number of amides is 1. The summed E-state index contributed by atoms with van der Waals surface area (Å²) in [5.41, 5.74) is 0.0285. The van der Waals surface area contributed by atoms with Crippen molar-refractivity contribution in [2.24, 2.45) is 0 Å². The summed E-state index contributed by atoms with van der Waals surface area (Å²) in [6.07, 6.45) is -3.58. The van der Waals surface area contributed by atoms with Crippen LogP contribution in [0.15, 0.2) is 11.6 Å². The molecular formula is C7H10F3NO3S. The molecule has 0 radical (unpaired) electrons. The number of sulfonamides is 1. The normalized spacial score (nSPS) is 13.8. The van der Waals surface area contributed by atoms with E-state index in [9.17, 15) is 26.4 Å². The molecule has 0 aliphatic heterocycles. The number of alkyl halides is 3. The molecule has 0 atom stereocenters. The zero-order valence-corrected chi connectivity index (χ0v) is 8.87. The summed E-state index contributed by atoms with van der Waals surface area (Å²) in [6.45, 7) is 2.75. The largest absolute Gasteiger partial charge is 0.404 e.